The predicted molar refractivity (Wildman–Crippen MR) is 79.3 cm³/mol. The maximum atomic E-state index is 13.7. The Morgan fingerprint density at radius 2 is 1.89 bits per heavy atom. The van der Waals surface area contributed by atoms with E-state index in [4.69, 9.17) is 17.4 Å². The third-order valence-corrected chi connectivity index (χ3v) is 3.65. The van der Waals surface area contributed by atoms with Crippen LogP contribution in [0, 0.1) is 5.82 Å². The van der Waals surface area contributed by atoms with E-state index in [1.807, 2.05) is 12.1 Å². The number of hydrogen-bond donors (Lipinski definition) is 2. The van der Waals surface area contributed by atoms with Gasteiger partial charge in [0.2, 0.25) is 0 Å². The molecular weight excluding hydrogens is 331 g/mol. The fraction of sp³-hybridized carbons (Fsp3) is 0.143. The monoisotopic (exact) mass is 342 g/mol. The standard InChI is InChI=1S/C14H13BrClFN2/c15-11-3-6-13(17)10(7-11)8-14(19-18)9-1-4-12(16)5-2-9/h1-7,14,19H,8,18H2. The Kier molecular flexibility index (Phi) is 4.93. The second-order valence-electron chi connectivity index (χ2n) is 4.21. The van der Waals surface area contributed by atoms with Crippen LogP contribution in [-0.4, -0.2) is 0 Å². The molecule has 0 saturated carbocycles. The largest absolute Gasteiger partial charge is 0.271 e. The van der Waals surface area contributed by atoms with E-state index in [0.29, 0.717) is 17.0 Å². The van der Waals surface area contributed by atoms with Crippen molar-refractivity contribution in [1.29, 1.82) is 0 Å². The lowest BCUT2D eigenvalue weighted by Crippen LogP contribution is -2.29. The first-order valence-electron chi connectivity index (χ1n) is 5.75. The van der Waals surface area contributed by atoms with Gasteiger partial charge in [-0.25, -0.2) is 4.39 Å². The van der Waals surface area contributed by atoms with Crippen molar-refractivity contribution in [3.8, 4) is 0 Å². The van der Waals surface area contributed by atoms with Crippen molar-refractivity contribution in [2.45, 2.75) is 12.5 Å². The van der Waals surface area contributed by atoms with Gasteiger partial charge < -0.3 is 0 Å². The molecule has 19 heavy (non-hydrogen) atoms. The lowest BCUT2D eigenvalue weighted by atomic mass is 9.99. The van der Waals surface area contributed by atoms with Gasteiger partial charge >= 0.3 is 0 Å². The third-order valence-electron chi connectivity index (χ3n) is 2.91. The van der Waals surface area contributed by atoms with E-state index in [9.17, 15) is 4.39 Å². The van der Waals surface area contributed by atoms with Gasteiger partial charge in [-0.2, -0.15) is 0 Å². The molecule has 3 N–H and O–H groups in total. The molecule has 2 nitrogen and oxygen atoms in total. The van der Waals surface area contributed by atoms with Gasteiger partial charge in [0, 0.05) is 9.50 Å². The van der Waals surface area contributed by atoms with E-state index < -0.39 is 0 Å². The summed E-state index contributed by atoms with van der Waals surface area (Å²) in [7, 11) is 0. The van der Waals surface area contributed by atoms with E-state index in [2.05, 4.69) is 21.4 Å². The number of hydrazine groups is 1. The van der Waals surface area contributed by atoms with Gasteiger partial charge in [-0.3, -0.25) is 11.3 Å². The number of benzene rings is 2. The SMILES string of the molecule is NNC(Cc1cc(Br)ccc1F)c1ccc(Cl)cc1. The maximum Gasteiger partial charge on any atom is 0.126 e. The van der Waals surface area contributed by atoms with Crippen molar-refractivity contribution in [2.24, 2.45) is 5.84 Å². The van der Waals surface area contributed by atoms with Crippen molar-refractivity contribution < 1.29 is 4.39 Å². The summed E-state index contributed by atoms with van der Waals surface area (Å²) in [6, 6.07) is 12.0. The molecule has 5 heteroatoms. The van der Waals surface area contributed by atoms with Crippen molar-refractivity contribution in [3.05, 3.63) is 68.9 Å². The Bertz CT molecular complexity index is 560. The van der Waals surface area contributed by atoms with Crippen LogP contribution in [0.25, 0.3) is 0 Å². The Labute approximate surface area is 124 Å². The van der Waals surface area contributed by atoms with Crippen LogP contribution in [0.1, 0.15) is 17.2 Å². The van der Waals surface area contributed by atoms with Crippen LogP contribution in [0.2, 0.25) is 5.02 Å². The Balaban J connectivity index is 2.23. The second kappa shape index (κ2) is 6.48. The molecule has 0 saturated heterocycles. The molecule has 0 fully saturated rings. The third kappa shape index (κ3) is 3.76. The summed E-state index contributed by atoms with van der Waals surface area (Å²) in [4.78, 5) is 0. The van der Waals surface area contributed by atoms with Crippen LogP contribution < -0.4 is 11.3 Å². The first-order chi connectivity index (χ1) is 9.10. The molecule has 0 aliphatic heterocycles. The predicted octanol–water partition coefficient (Wildman–Crippen LogP) is 3.99. The average Bonchev–Trinajstić information content (AvgIpc) is 2.41. The molecule has 2 rings (SSSR count). The summed E-state index contributed by atoms with van der Waals surface area (Å²) in [6.07, 6.45) is 0.462. The van der Waals surface area contributed by atoms with E-state index >= 15 is 0 Å². The molecule has 0 heterocycles. The van der Waals surface area contributed by atoms with Crippen LogP contribution in [-0.2, 0) is 6.42 Å². The zero-order chi connectivity index (χ0) is 13.8. The molecular formula is C14H13BrClFN2. The summed E-state index contributed by atoms with van der Waals surface area (Å²) >= 11 is 9.19. The minimum atomic E-state index is -0.239. The number of rotatable bonds is 4. The molecule has 0 spiro atoms. The molecule has 0 aliphatic rings. The summed E-state index contributed by atoms with van der Waals surface area (Å²) in [5.74, 6) is 5.32. The first kappa shape index (κ1) is 14.5. The molecule has 1 atom stereocenters. The summed E-state index contributed by atoms with van der Waals surface area (Å²) in [5, 5.41) is 0.660. The maximum absolute atomic E-state index is 13.7. The average molecular weight is 344 g/mol. The van der Waals surface area contributed by atoms with Crippen molar-refractivity contribution in [2.75, 3.05) is 0 Å². The minimum absolute atomic E-state index is 0.166. The van der Waals surface area contributed by atoms with E-state index in [1.165, 1.54) is 6.07 Å². The molecule has 0 aromatic heterocycles. The van der Waals surface area contributed by atoms with Gasteiger partial charge in [-0.1, -0.05) is 39.7 Å². The highest BCUT2D eigenvalue weighted by atomic mass is 79.9. The molecule has 100 valence electrons. The molecule has 0 aliphatic carbocycles. The normalized spacial score (nSPS) is 12.4. The van der Waals surface area contributed by atoms with E-state index in [1.54, 1.807) is 24.3 Å². The van der Waals surface area contributed by atoms with Crippen LogP contribution in [0.5, 0.6) is 0 Å². The van der Waals surface area contributed by atoms with Gasteiger partial charge in [0.25, 0.3) is 0 Å². The summed E-state index contributed by atoms with van der Waals surface area (Å²) < 4.78 is 14.6. The van der Waals surface area contributed by atoms with Gasteiger partial charge in [-0.05, 0) is 47.9 Å². The van der Waals surface area contributed by atoms with Crippen LogP contribution in [0.4, 0.5) is 4.39 Å². The number of hydrogen-bond acceptors (Lipinski definition) is 2. The molecule has 2 aromatic rings. The van der Waals surface area contributed by atoms with Crippen molar-refractivity contribution in [3.63, 3.8) is 0 Å². The van der Waals surface area contributed by atoms with Crippen LogP contribution in [0.3, 0.4) is 0 Å². The van der Waals surface area contributed by atoms with Crippen molar-refractivity contribution >= 4 is 27.5 Å². The lowest BCUT2D eigenvalue weighted by molar-refractivity contribution is 0.529. The molecule has 2 aromatic carbocycles. The topological polar surface area (TPSA) is 38.0 Å². The minimum Gasteiger partial charge on any atom is -0.271 e. The molecule has 1 unspecified atom stereocenters. The number of nitrogens with one attached hydrogen (secondary N) is 1. The van der Waals surface area contributed by atoms with E-state index in [-0.39, 0.29) is 11.9 Å². The fourth-order valence-electron chi connectivity index (χ4n) is 1.89. The zero-order valence-corrected chi connectivity index (χ0v) is 12.4. The smallest absolute Gasteiger partial charge is 0.126 e. The quantitative estimate of drug-likeness (QED) is 0.651. The number of nitrogens with two attached hydrogens (primary N) is 1. The Morgan fingerprint density at radius 3 is 2.53 bits per heavy atom. The summed E-state index contributed by atoms with van der Waals surface area (Å²) in [5.41, 5.74) is 4.28. The highest BCUT2D eigenvalue weighted by Gasteiger charge is 2.13. The van der Waals surface area contributed by atoms with Gasteiger partial charge in [0.15, 0.2) is 0 Å². The van der Waals surface area contributed by atoms with Gasteiger partial charge in [-0.15, -0.1) is 0 Å². The summed E-state index contributed by atoms with van der Waals surface area (Å²) in [6.45, 7) is 0. The van der Waals surface area contributed by atoms with Crippen molar-refractivity contribution in [1.82, 2.24) is 5.43 Å². The number of halogens is 3. The zero-order valence-electron chi connectivity index (χ0n) is 10.0. The highest BCUT2D eigenvalue weighted by Crippen LogP contribution is 2.23. The van der Waals surface area contributed by atoms with Gasteiger partial charge in [0.1, 0.15) is 5.82 Å². The van der Waals surface area contributed by atoms with Gasteiger partial charge in [0.05, 0.1) is 6.04 Å². The highest BCUT2D eigenvalue weighted by molar-refractivity contribution is 9.10. The fourth-order valence-corrected chi connectivity index (χ4v) is 2.42. The van der Waals surface area contributed by atoms with E-state index in [0.717, 1.165) is 10.0 Å². The first-order valence-corrected chi connectivity index (χ1v) is 6.93. The lowest BCUT2D eigenvalue weighted by Gasteiger charge is -2.17. The Hall–Kier alpha value is -0.940. The second-order valence-corrected chi connectivity index (χ2v) is 5.56. The molecule has 0 bridgehead atoms. The molecule has 0 radical (unpaired) electrons. The molecule has 0 amide bonds. The van der Waals surface area contributed by atoms with Crippen LogP contribution in [0.15, 0.2) is 46.9 Å². The van der Waals surface area contributed by atoms with Crippen LogP contribution >= 0.6 is 27.5 Å². The Morgan fingerprint density at radius 1 is 1.21 bits per heavy atom.